The van der Waals surface area contributed by atoms with Crippen LogP contribution in [0.1, 0.15) is 28.9 Å². The second kappa shape index (κ2) is 7.13. The molecular formula is C13H20N2O3S3. The third-order valence-electron chi connectivity index (χ3n) is 3.51. The van der Waals surface area contributed by atoms with E-state index in [1.807, 2.05) is 22.6 Å². The van der Waals surface area contributed by atoms with E-state index in [1.165, 1.54) is 11.3 Å². The summed E-state index contributed by atoms with van der Waals surface area (Å²) in [4.78, 5) is 16.3. The number of nitrogens with zero attached hydrogens (tertiary/aromatic N) is 1. The van der Waals surface area contributed by atoms with Gasteiger partial charge < -0.3 is 4.90 Å². The molecule has 1 amide bonds. The molecule has 1 unspecified atom stereocenters. The predicted octanol–water partition coefficient (Wildman–Crippen LogP) is 2.01. The number of carbonyl (C=O) groups is 1. The van der Waals surface area contributed by atoms with E-state index in [0.717, 1.165) is 35.3 Å². The third-order valence-corrected chi connectivity index (χ3v) is 6.02. The molecule has 1 aliphatic heterocycles. The lowest BCUT2D eigenvalue weighted by Gasteiger charge is -2.35. The van der Waals surface area contributed by atoms with Crippen LogP contribution in [0.4, 0.5) is 0 Å². The molecule has 1 saturated heterocycles. The fraction of sp³-hybridized carbons (Fsp3) is 0.615. The molecule has 1 fully saturated rings. The predicted molar refractivity (Wildman–Crippen MR) is 87.6 cm³/mol. The lowest BCUT2D eigenvalue weighted by molar-refractivity contribution is 0.0620. The Kier molecular flexibility index (Phi) is 5.70. The molecule has 1 atom stereocenters. The SMILES string of the molecule is CSc1ccsc1C(=O)N1CCCCC1CNS(C)(=O)=O. The van der Waals surface area contributed by atoms with Crippen molar-refractivity contribution < 1.29 is 13.2 Å². The number of rotatable bonds is 5. The van der Waals surface area contributed by atoms with Gasteiger partial charge in [-0.25, -0.2) is 13.1 Å². The van der Waals surface area contributed by atoms with E-state index in [4.69, 9.17) is 0 Å². The minimum Gasteiger partial charge on any atom is -0.334 e. The normalized spacial score (nSPS) is 19.7. The topological polar surface area (TPSA) is 66.5 Å². The molecule has 5 nitrogen and oxygen atoms in total. The van der Waals surface area contributed by atoms with Crippen LogP contribution in [0.15, 0.2) is 16.3 Å². The Morgan fingerprint density at radius 3 is 2.95 bits per heavy atom. The molecule has 1 aliphatic rings. The fourth-order valence-corrected chi connectivity index (χ4v) is 4.67. The minimum atomic E-state index is -3.23. The van der Waals surface area contributed by atoms with Gasteiger partial charge in [0.2, 0.25) is 10.0 Å². The molecule has 0 radical (unpaired) electrons. The molecule has 2 rings (SSSR count). The standard InChI is InChI=1S/C13H20N2O3S3/c1-19-11-6-8-20-12(11)13(16)15-7-4-3-5-10(15)9-14-21(2,17)18/h6,8,10,14H,3-5,7,9H2,1-2H3. The van der Waals surface area contributed by atoms with Crippen molar-refractivity contribution in [2.75, 3.05) is 25.6 Å². The van der Waals surface area contributed by atoms with E-state index in [1.54, 1.807) is 11.8 Å². The molecule has 0 spiro atoms. The summed E-state index contributed by atoms with van der Waals surface area (Å²) < 4.78 is 25.1. The fourth-order valence-electron chi connectivity index (χ4n) is 2.47. The Morgan fingerprint density at radius 2 is 2.29 bits per heavy atom. The number of piperidine rings is 1. The number of thiophene rings is 1. The average molecular weight is 349 g/mol. The number of likely N-dealkylation sites (tertiary alicyclic amines) is 1. The maximum atomic E-state index is 12.7. The van der Waals surface area contributed by atoms with E-state index >= 15 is 0 Å². The summed E-state index contributed by atoms with van der Waals surface area (Å²) in [6, 6.07) is 1.90. The highest BCUT2D eigenvalue weighted by Crippen LogP contribution is 2.29. The molecule has 118 valence electrons. The summed E-state index contributed by atoms with van der Waals surface area (Å²) in [5.41, 5.74) is 0. The number of thioether (sulfide) groups is 1. The second-order valence-electron chi connectivity index (χ2n) is 5.09. The number of amides is 1. The van der Waals surface area contributed by atoms with Crippen LogP contribution in [0, 0.1) is 0 Å². The zero-order chi connectivity index (χ0) is 15.5. The van der Waals surface area contributed by atoms with Gasteiger partial charge in [0.05, 0.1) is 6.26 Å². The first-order valence-corrected chi connectivity index (χ1v) is 10.8. The molecule has 1 aromatic heterocycles. The van der Waals surface area contributed by atoms with Gasteiger partial charge in [0.25, 0.3) is 5.91 Å². The van der Waals surface area contributed by atoms with E-state index in [2.05, 4.69) is 4.72 Å². The van der Waals surface area contributed by atoms with Crippen molar-refractivity contribution in [2.45, 2.75) is 30.2 Å². The van der Waals surface area contributed by atoms with Crippen LogP contribution in [-0.2, 0) is 10.0 Å². The summed E-state index contributed by atoms with van der Waals surface area (Å²) in [5.74, 6) is 0.0225. The van der Waals surface area contributed by atoms with Gasteiger partial charge in [0, 0.05) is 24.0 Å². The molecular weight excluding hydrogens is 328 g/mol. The summed E-state index contributed by atoms with van der Waals surface area (Å²) in [7, 11) is -3.23. The lowest BCUT2D eigenvalue weighted by Crippen LogP contribution is -2.49. The van der Waals surface area contributed by atoms with Crippen molar-refractivity contribution in [3.8, 4) is 0 Å². The van der Waals surface area contributed by atoms with Crippen LogP contribution in [-0.4, -0.2) is 50.9 Å². The number of hydrogen-bond acceptors (Lipinski definition) is 5. The van der Waals surface area contributed by atoms with Gasteiger partial charge in [-0.3, -0.25) is 4.79 Å². The van der Waals surface area contributed by atoms with Crippen LogP contribution in [0.3, 0.4) is 0 Å². The first kappa shape index (κ1) is 16.8. The smallest absolute Gasteiger partial charge is 0.265 e. The van der Waals surface area contributed by atoms with Gasteiger partial charge >= 0.3 is 0 Å². The number of carbonyl (C=O) groups excluding carboxylic acids is 1. The maximum Gasteiger partial charge on any atom is 0.265 e. The van der Waals surface area contributed by atoms with E-state index in [-0.39, 0.29) is 11.9 Å². The molecule has 8 heteroatoms. The van der Waals surface area contributed by atoms with Crippen molar-refractivity contribution in [1.29, 1.82) is 0 Å². The highest BCUT2D eigenvalue weighted by molar-refractivity contribution is 7.98. The van der Waals surface area contributed by atoms with Crippen LogP contribution < -0.4 is 4.72 Å². The summed E-state index contributed by atoms with van der Waals surface area (Å²) in [6.07, 6.45) is 5.94. The molecule has 2 heterocycles. The first-order valence-electron chi connectivity index (χ1n) is 6.79. The quantitative estimate of drug-likeness (QED) is 0.827. The van der Waals surface area contributed by atoms with Crippen LogP contribution in [0.25, 0.3) is 0 Å². The zero-order valence-corrected chi connectivity index (χ0v) is 14.6. The lowest BCUT2D eigenvalue weighted by atomic mass is 10.0. The van der Waals surface area contributed by atoms with Crippen LogP contribution in [0.5, 0.6) is 0 Å². The zero-order valence-electron chi connectivity index (χ0n) is 12.2. The Balaban J connectivity index is 2.12. The van der Waals surface area contributed by atoms with Crippen molar-refractivity contribution in [2.24, 2.45) is 0 Å². The first-order chi connectivity index (χ1) is 9.92. The summed E-state index contributed by atoms with van der Waals surface area (Å²) in [6.45, 7) is 0.991. The van der Waals surface area contributed by atoms with Crippen LogP contribution in [0.2, 0.25) is 0 Å². The third kappa shape index (κ3) is 4.45. The Morgan fingerprint density at radius 1 is 1.52 bits per heavy atom. The number of hydrogen-bond donors (Lipinski definition) is 1. The van der Waals surface area contributed by atoms with Gasteiger partial charge in [0.1, 0.15) is 4.88 Å². The molecule has 0 aromatic carbocycles. The van der Waals surface area contributed by atoms with Gasteiger partial charge in [-0.05, 0) is 37.0 Å². The molecule has 21 heavy (non-hydrogen) atoms. The highest BCUT2D eigenvalue weighted by Gasteiger charge is 2.29. The number of sulfonamides is 1. The van der Waals surface area contributed by atoms with Gasteiger partial charge in [0.15, 0.2) is 0 Å². The van der Waals surface area contributed by atoms with E-state index < -0.39 is 10.0 Å². The minimum absolute atomic E-state index is 0.0225. The summed E-state index contributed by atoms with van der Waals surface area (Å²) >= 11 is 3.02. The maximum absolute atomic E-state index is 12.7. The Hall–Kier alpha value is -0.570. The van der Waals surface area contributed by atoms with Gasteiger partial charge in [-0.2, -0.15) is 0 Å². The molecule has 1 N–H and O–H groups in total. The van der Waals surface area contributed by atoms with E-state index in [0.29, 0.717) is 13.1 Å². The van der Waals surface area contributed by atoms with Crippen molar-refractivity contribution in [3.63, 3.8) is 0 Å². The second-order valence-corrected chi connectivity index (χ2v) is 8.68. The van der Waals surface area contributed by atoms with Crippen molar-refractivity contribution >= 4 is 39.0 Å². The monoisotopic (exact) mass is 348 g/mol. The average Bonchev–Trinajstić information content (AvgIpc) is 2.92. The molecule has 0 saturated carbocycles. The molecule has 1 aromatic rings. The Labute approximate surface area is 134 Å². The van der Waals surface area contributed by atoms with E-state index in [9.17, 15) is 13.2 Å². The molecule has 0 aliphatic carbocycles. The van der Waals surface area contributed by atoms with Gasteiger partial charge in [-0.1, -0.05) is 0 Å². The highest BCUT2D eigenvalue weighted by atomic mass is 32.2. The molecule has 0 bridgehead atoms. The van der Waals surface area contributed by atoms with Crippen molar-refractivity contribution in [1.82, 2.24) is 9.62 Å². The van der Waals surface area contributed by atoms with Crippen LogP contribution >= 0.6 is 23.1 Å². The largest absolute Gasteiger partial charge is 0.334 e. The number of nitrogens with one attached hydrogen (secondary N) is 1. The summed E-state index contributed by atoms with van der Waals surface area (Å²) in [5, 5.41) is 1.92. The van der Waals surface area contributed by atoms with Gasteiger partial charge in [-0.15, -0.1) is 23.1 Å². The Bertz CT molecular complexity index is 598. The van der Waals surface area contributed by atoms with Crippen molar-refractivity contribution in [3.05, 3.63) is 16.3 Å².